The van der Waals surface area contributed by atoms with E-state index in [9.17, 15) is 0 Å². The molecule has 0 saturated heterocycles. The molecule has 5 heteroatoms. The summed E-state index contributed by atoms with van der Waals surface area (Å²) in [5.74, 6) is 1.61. The monoisotopic (exact) mass is 275 g/mol. The van der Waals surface area contributed by atoms with Crippen LogP contribution in [0.15, 0.2) is 30.3 Å². The summed E-state index contributed by atoms with van der Waals surface area (Å²) in [6.45, 7) is 0. The van der Waals surface area contributed by atoms with E-state index in [1.54, 1.807) is 7.11 Å². The van der Waals surface area contributed by atoms with Crippen LogP contribution in [0, 0.1) is 0 Å². The molecule has 0 bridgehead atoms. The number of ether oxygens (including phenoxy) is 1. The average Bonchev–Trinajstić information content (AvgIpc) is 3.22. The van der Waals surface area contributed by atoms with E-state index in [4.69, 9.17) is 16.3 Å². The van der Waals surface area contributed by atoms with Gasteiger partial charge in [-0.15, -0.1) is 0 Å². The average molecular weight is 276 g/mol. The standard InChI is InChI=1S/C14H14ClN3O/c1-19-11-6-2-9(3-7-11)12-8-13(16-10-4-5-10)18-14(15)17-12/h2-3,6-8,10H,4-5H2,1H3,(H,16,17,18). The van der Waals surface area contributed by atoms with E-state index in [-0.39, 0.29) is 5.28 Å². The minimum atomic E-state index is 0.261. The lowest BCUT2D eigenvalue weighted by Gasteiger charge is -2.07. The molecule has 1 aromatic heterocycles. The number of hydrogen-bond donors (Lipinski definition) is 1. The van der Waals surface area contributed by atoms with E-state index in [1.807, 2.05) is 30.3 Å². The highest BCUT2D eigenvalue weighted by atomic mass is 35.5. The summed E-state index contributed by atoms with van der Waals surface area (Å²) in [6.07, 6.45) is 2.39. The van der Waals surface area contributed by atoms with Crippen LogP contribution in [0.1, 0.15) is 12.8 Å². The third-order valence-electron chi connectivity index (χ3n) is 3.01. The van der Waals surface area contributed by atoms with E-state index in [2.05, 4.69) is 15.3 Å². The molecule has 1 saturated carbocycles. The molecular formula is C14H14ClN3O. The van der Waals surface area contributed by atoms with Crippen molar-refractivity contribution in [2.75, 3.05) is 12.4 Å². The molecule has 2 aromatic rings. The summed E-state index contributed by atoms with van der Waals surface area (Å²) in [7, 11) is 1.65. The summed E-state index contributed by atoms with van der Waals surface area (Å²) in [4.78, 5) is 8.45. The quantitative estimate of drug-likeness (QED) is 0.869. The Bertz CT molecular complexity index is 582. The fraction of sp³-hybridized carbons (Fsp3) is 0.286. The highest BCUT2D eigenvalue weighted by Crippen LogP contribution is 2.27. The van der Waals surface area contributed by atoms with Crippen LogP contribution in [0.25, 0.3) is 11.3 Å². The molecule has 1 aromatic carbocycles. The van der Waals surface area contributed by atoms with Crippen molar-refractivity contribution in [3.63, 3.8) is 0 Å². The largest absolute Gasteiger partial charge is 0.497 e. The van der Waals surface area contributed by atoms with Gasteiger partial charge in [0.2, 0.25) is 5.28 Å². The summed E-state index contributed by atoms with van der Waals surface area (Å²) in [5.41, 5.74) is 1.80. The van der Waals surface area contributed by atoms with Crippen LogP contribution >= 0.6 is 11.6 Å². The van der Waals surface area contributed by atoms with Crippen LogP contribution in [0.5, 0.6) is 5.75 Å². The number of rotatable bonds is 4. The van der Waals surface area contributed by atoms with Gasteiger partial charge in [0.25, 0.3) is 0 Å². The zero-order valence-corrected chi connectivity index (χ0v) is 11.3. The number of aromatic nitrogens is 2. The van der Waals surface area contributed by atoms with E-state index >= 15 is 0 Å². The number of halogens is 1. The Morgan fingerprint density at radius 2 is 1.95 bits per heavy atom. The van der Waals surface area contributed by atoms with Crippen LogP contribution in [0.2, 0.25) is 5.28 Å². The minimum Gasteiger partial charge on any atom is -0.497 e. The van der Waals surface area contributed by atoms with Gasteiger partial charge in [0.15, 0.2) is 0 Å². The summed E-state index contributed by atoms with van der Waals surface area (Å²) in [6, 6.07) is 10.2. The predicted octanol–water partition coefficient (Wildman–Crippen LogP) is 3.38. The first-order valence-electron chi connectivity index (χ1n) is 6.20. The Kier molecular flexibility index (Phi) is 3.25. The number of nitrogens with zero attached hydrogens (tertiary/aromatic N) is 2. The third-order valence-corrected chi connectivity index (χ3v) is 3.18. The fourth-order valence-corrected chi connectivity index (χ4v) is 2.02. The number of anilines is 1. The van der Waals surface area contributed by atoms with Gasteiger partial charge in [0.05, 0.1) is 12.8 Å². The van der Waals surface area contributed by atoms with Gasteiger partial charge < -0.3 is 10.1 Å². The van der Waals surface area contributed by atoms with Gasteiger partial charge in [-0.05, 0) is 48.7 Å². The lowest BCUT2D eigenvalue weighted by molar-refractivity contribution is 0.415. The van der Waals surface area contributed by atoms with Crippen LogP contribution < -0.4 is 10.1 Å². The fourth-order valence-electron chi connectivity index (χ4n) is 1.84. The van der Waals surface area contributed by atoms with Crippen LogP contribution in [-0.4, -0.2) is 23.1 Å². The maximum Gasteiger partial charge on any atom is 0.224 e. The lowest BCUT2D eigenvalue weighted by atomic mass is 10.1. The molecule has 1 heterocycles. The molecule has 1 aliphatic rings. The van der Waals surface area contributed by atoms with Gasteiger partial charge in [-0.25, -0.2) is 9.97 Å². The van der Waals surface area contributed by atoms with Crippen molar-refractivity contribution >= 4 is 17.4 Å². The Morgan fingerprint density at radius 1 is 1.21 bits per heavy atom. The van der Waals surface area contributed by atoms with Crippen molar-refractivity contribution in [2.45, 2.75) is 18.9 Å². The summed E-state index contributed by atoms with van der Waals surface area (Å²) in [5, 5.41) is 3.59. The van der Waals surface area contributed by atoms with Gasteiger partial charge in [-0.2, -0.15) is 0 Å². The van der Waals surface area contributed by atoms with Crippen molar-refractivity contribution in [1.82, 2.24) is 9.97 Å². The van der Waals surface area contributed by atoms with Crippen LogP contribution in [0.4, 0.5) is 5.82 Å². The van der Waals surface area contributed by atoms with E-state index in [1.165, 1.54) is 12.8 Å². The second-order valence-corrected chi connectivity index (χ2v) is 4.89. The molecule has 19 heavy (non-hydrogen) atoms. The van der Waals surface area contributed by atoms with Crippen molar-refractivity contribution in [1.29, 1.82) is 0 Å². The Morgan fingerprint density at radius 3 is 2.58 bits per heavy atom. The molecule has 0 amide bonds. The van der Waals surface area contributed by atoms with Crippen molar-refractivity contribution in [3.8, 4) is 17.0 Å². The molecule has 4 nitrogen and oxygen atoms in total. The molecule has 0 spiro atoms. The smallest absolute Gasteiger partial charge is 0.224 e. The van der Waals surface area contributed by atoms with Crippen molar-refractivity contribution in [2.24, 2.45) is 0 Å². The normalized spacial score (nSPS) is 14.2. The molecule has 1 fully saturated rings. The number of nitrogens with one attached hydrogen (secondary N) is 1. The van der Waals surface area contributed by atoms with E-state index < -0.39 is 0 Å². The highest BCUT2D eigenvalue weighted by Gasteiger charge is 2.21. The maximum absolute atomic E-state index is 5.98. The molecule has 98 valence electrons. The molecule has 1 N–H and O–H groups in total. The Hall–Kier alpha value is -1.81. The van der Waals surface area contributed by atoms with E-state index in [0.717, 1.165) is 22.8 Å². The molecule has 0 aliphatic heterocycles. The van der Waals surface area contributed by atoms with E-state index in [0.29, 0.717) is 6.04 Å². The molecular weight excluding hydrogens is 262 g/mol. The number of benzene rings is 1. The molecule has 3 rings (SSSR count). The zero-order chi connectivity index (χ0) is 13.2. The van der Waals surface area contributed by atoms with Gasteiger partial charge in [-0.1, -0.05) is 0 Å². The summed E-state index contributed by atoms with van der Waals surface area (Å²) >= 11 is 5.98. The molecule has 0 unspecified atom stereocenters. The van der Waals surface area contributed by atoms with Gasteiger partial charge in [0.1, 0.15) is 11.6 Å². The molecule has 0 atom stereocenters. The van der Waals surface area contributed by atoms with Crippen molar-refractivity contribution in [3.05, 3.63) is 35.6 Å². The first kappa shape index (κ1) is 12.2. The second-order valence-electron chi connectivity index (χ2n) is 4.55. The SMILES string of the molecule is COc1ccc(-c2cc(NC3CC3)nc(Cl)n2)cc1. The summed E-state index contributed by atoms with van der Waals surface area (Å²) < 4.78 is 5.14. The number of hydrogen-bond acceptors (Lipinski definition) is 4. The lowest BCUT2D eigenvalue weighted by Crippen LogP contribution is -2.04. The van der Waals surface area contributed by atoms with Crippen LogP contribution in [0.3, 0.4) is 0 Å². The van der Waals surface area contributed by atoms with Gasteiger partial charge in [0, 0.05) is 17.7 Å². The highest BCUT2D eigenvalue weighted by molar-refractivity contribution is 6.28. The Labute approximate surface area is 116 Å². The first-order chi connectivity index (χ1) is 9.24. The minimum absolute atomic E-state index is 0.261. The third kappa shape index (κ3) is 2.96. The van der Waals surface area contributed by atoms with Crippen LogP contribution in [-0.2, 0) is 0 Å². The van der Waals surface area contributed by atoms with Crippen molar-refractivity contribution < 1.29 is 4.74 Å². The zero-order valence-electron chi connectivity index (χ0n) is 10.6. The van der Waals surface area contributed by atoms with Gasteiger partial charge >= 0.3 is 0 Å². The number of methoxy groups -OCH3 is 1. The maximum atomic E-state index is 5.98. The first-order valence-corrected chi connectivity index (χ1v) is 6.58. The topological polar surface area (TPSA) is 47.0 Å². The second kappa shape index (κ2) is 5.05. The molecule has 1 aliphatic carbocycles. The predicted molar refractivity (Wildman–Crippen MR) is 75.7 cm³/mol. The van der Waals surface area contributed by atoms with Gasteiger partial charge in [-0.3, -0.25) is 0 Å². The Balaban J connectivity index is 1.91. The molecule has 0 radical (unpaired) electrons.